The van der Waals surface area contributed by atoms with Gasteiger partial charge in [-0.2, -0.15) is 10.1 Å². The van der Waals surface area contributed by atoms with E-state index in [1.165, 1.54) is 54.6 Å². The van der Waals surface area contributed by atoms with Crippen LogP contribution in [0.2, 0.25) is 0 Å². The van der Waals surface area contributed by atoms with Gasteiger partial charge in [0, 0.05) is 6.61 Å². The van der Waals surface area contributed by atoms with Crippen LogP contribution in [0.4, 0.5) is 5.69 Å². The molecule has 0 aliphatic carbocycles. The van der Waals surface area contributed by atoms with Crippen molar-refractivity contribution in [3.63, 3.8) is 0 Å². The molecule has 1 aliphatic heterocycles. The first-order valence-electron chi connectivity index (χ1n) is 13.6. The van der Waals surface area contributed by atoms with Crippen molar-refractivity contribution in [3.8, 4) is 11.6 Å². The molecule has 1 N–H and O–H groups in total. The molecule has 248 valence electrons. The fraction of sp³-hybridized carbons (Fsp3) is 0.172. The summed E-state index contributed by atoms with van der Waals surface area (Å²) in [4.78, 5) is 38.0. The van der Waals surface area contributed by atoms with E-state index in [-0.39, 0.29) is 150 Å². The summed E-state index contributed by atoms with van der Waals surface area (Å²) in [6.45, 7) is 3.44. The number of nitrogens with one attached hydrogen (secondary N) is 1. The number of H-pyrrole nitrogens is 1. The zero-order valence-corrected chi connectivity index (χ0v) is 34.6. The van der Waals surface area contributed by atoms with Crippen LogP contribution < -0.4 is 118 Å². The Labute approximate surface area is 366 Å². The summed E-state index contributed by atoms with van der Waals surface area (Å²) in [6, 6.07) is 9.02. The zero-order valence-electron chi connectivity index (χ0n) is 26.7. The molecular formula is C29H26K2N4O12S2. The average molecular weight is 765 g/mol. The van der Waals surface area contributed by atoms with Gasteiger partial charge in [0.25, 0.3) is 11.5 Å². The Balaban J connectivity index is 0.00000417. The molecule has 1 aliphatic rings. The number of hydrazone groups is 1. The number of hydrogen-bond acceptors (Lipinski definition) is 13. The Bertz CT molecular complexity index is 2070. The molecule has 49 heavy (non-hydrogen) atoms. The predicted molar refractivity (Wildman–Crippen MR) is 164 cm³/mol. The molecule has 0 unspecified atom stereocenters. The first-order valence-corrected chi connectivity index (χ1v) is 16.4. The number of ether oxygens (including phenoxy) is 3. The molecule has 16 nitrogen and oxygen atoms in total. The first-order chi connectivity index (χ1) is 22.3. The van der Waals surface area contributed by atoms with Gasteiger partial charge in [0.1, 0.15) is 25.8 Å². The van der Waals surface area contributed by atoms with Crippen LogP contribution in [0.1, 0.15) is 19.4 Å². The molecule has 20 heteroatoms. The molecule has 1 aromatic heterocycles. The number of esters is 1. The number of benzene rings is 2. The number of nitrogens with zero attached hydrogens (tertiary/aromatic N) is 3. The van der Waals surface area contributed by atoms with Crippen LogP contribution >= 0.6 is 0 Å². The summed E-state index contributed by atoms with van der Waals surface area (Å²) >= 11 is 0. The number of amides is 1. The summed E-state index contributed by atoms with van der Waals surface area (Å²) in [7, 11) is -9.42. The molecule has 4 rings (SSSR count). The van der Waals surface area contributed by atoms with Crippen molar-refractivity contribution < 1.29 is 153 Å². The molecule has 0 bridgehead atoms. The number of aromatic nitrogens is 2. The molecular weight excluding hydrogens is 739 g/mol. The van der Waals surface area contributed by atoms with E-state index in [4.69, 9.17) is 14.2 Å². The van der Waals surface area contributed by atoms with E-state index in [0.717, 1.165) is 34.0 Å². The largest absolute Gasteiger partial charge is 1.00 e. The molecule has 0 spiro atoms. The molecule has 0 fully saturated rings. The summed E-state index contributed by atoms with van der Waals surface area (Å²) in [6.07, 6.45) is 6.94. The third-order valence-corrected chi connectivity index (χ3v) is 7.93. The summed E-state index contributed by atoms with van der Waals surface area (Å²) in [5.41, 5.74) is -0.717. The van der Waals surface area contributed by atoms with Crippen LogP contribution in [-0.2, 0) is 39.3 Å². The van der Waals surface area contributed by atoms with Crippen molar-refractivity contribution >= 4 is 49.6 Å². The van der Waals surface area contributed by atoms with Gasteiger partial charge in [-0.3, -0.25) is 14.7 Å². The molecule has 0 radical (unpaired) electrons. The van der Waals surface area contributed by atoms with Crippen LogP contribution in [0.5, 0.6) is 5.88 Å². The number of anilines is 1. The average Bonchev–Trinajstić information content (AvgIpc) is 3.52. The summed E-state index contributed by atoms with van der Waals surface area (Å²) in [5, 5.41) is 7.65. The molecule has 1 amide bonds. The third kappa shape index (κ3) is 11.1. The topological polar surface area (TPSA) is 230 Å². The van der Waals surface area contributed by atoms with Gasteiger partial charge in [-0.25, -0.2) is 26.3 Å². The van der Waals surface area contributed by atoms with E-state index >= 15 is 0 Å². The number of allylic oxidation sites excluding steroid dienone is 4. The van der Waals surface area contributed by atoms with Gasteiger partial charge in [-0.15, -0.1) is 0 Å². The van der Waals surface area contributed by atoms with Crippen LogP contribution in [0, 0.1) is 0 Å². The summed E-state index contributed by atoms with van der Waals surface area (Å²) in [5.74, 6) is -1.61. The Morgan fingerprint density at radius 3 is 1.96 bits per heavy atom. The van der Waals surface area contributed by atoms with Gasteiger partial charge in [0.15, 0.2) is 12.5 Å². The third-order valence-electron chi connectivity index (χ3n) is 6.23. The van der Waals surface area contributed by atoms with Gasteiger partial charge in [-0.1, -0.05) is 18.2 Å². The molecule has 2 heterocycles. The second-order valence-electron chi connectivity index (χ2n) is 9.26. The van der Waals surface area contributed by atoms with E-state index in [1.54, 1.807) is 13.8 Å². The Morgan fingerprint density at radius 2 is 1.43 bits per heavy atom. The smallest absolute Gasteiger partial charge is 0.744 e. The van der Waals surface area contributed by atoms with Crippen molar-refractivity contribution in [3.05, 3.63) is 94.3 Å². The molecule has 0 saturated carbocycles. The van der Waals surface area contributed by atoms with Gasteiger partial charge in [0.2, 0.25) is 5.88 Å². The van der Waals surface area contributed by atoms with Crippen LogP contribution in [-0.4, -0.2) is 73.3 Å². The van der Waals surface area contributed by atoms with E-state index in [9.17, 15) is 40.3 Å². The number of hydrogen-bond donors (Lipinski definition) is 1. The maximum absolute atomic E-state index is 13.2. The maximum atomic E-state index is 13.2. The van der Waals surface area contributed by atoms with Gasteiger partial charge < -0.3 is 23.3 Å². The van der Waals surface area contributed by atoms with E-state index < -0.39 is 47.5 Å². The Kier molecular flexibility index (Phi) is 16.9. The Hall–Kier alpha value is -1.87. The van der Waals surface area contributed by atoms with E-state index in [2.05, 4.69) is 10.2 Å². The first kappa shape index (κ1) is 43.3. The van der Waals surface area contributed by atoms with Crippen molar-refractivity contribution in [1.29, 1.82) is 0 Å². The standard InChI is InChI=1S/C29H28N4O12S2.2K/c1-3-43-18-45-26-24(28(35)33(31-26)20-12-16-22(17-13-20)47(40,41)42)9-7-5-6-8-23-25(29(36)44-4-2)30-32(27(23)34)19-10-14-21(15-11-19)46(37,38)39;;/h5-17,31H,3-4,18H2,1-2H3,(H,37,38,39)(H,40,41,42);;/q;2*+1/p-2/b6-5?,9-7?,23-8-;;. The van der Waals surface area contributed by atoms with Crippen molar-refractivity contribution in [2.45, 2.75) is 23.6 Å². The monoisotopic (exact) mass is 764 g/mol. The van der Waals surface area contributed by atoms with Gasteiger partial charge in [-0.05, 0) is 74.5 Å². The van der Waals surface area contributed by atoms with Crippen molar-refractivity contribution in [2.75, 3.05) is 25.0 Å². The fourth-order valence-electron chi connectivity index (χ4n) is 4.03. The zero-order chi connectivity index (χ0) is 34.4. The van der Waals surface area contributed by atoms with Crippen molar-refractivity contribution in [2.24, 2.45) is 5.10 Å². The van der Waals surface area contributed by atoms with Gasteiger partial charge in [0.05, 0.1) is 33.3 Å². The number of aromatic amines is 1. The number of carbonyl (C=O) groups is 2. The van der Waals surface area contributed by atoms with Gasteiger partial charge >= 0.3 is 109 Å². The van der Waals surface area contributed by atoms with Crippen LogP contribution in [0.3, 0.4) is 0 Å². The minimum atomic E-state index is -4.73. The summed E-state index contributed by atoms with van der Waals surface area (Å²) < 4.78 is 84.4. The SMILES string of the molecule is CCOCOc1[nH]n(-c2ccc(S(=O)(=O)[O-])cc2)c(=O)c1C=CC=C/C=C1\C(=O)N(c2ccc(S(=O)(=O)[O-])cc2)N=C1C(=O)OCC.[K+].[K+]. The fourth-order valence-corrected chi connectivity index (χ4v) is 4.97. The minimum Gasteiger partial charge on any atom is -0.744 e. The van der Waals surface area contributed by atoms with Crippen LogP contribution in [0.25, 0.3) is 11.8 Å². The normalized spacial score (nSPS) is 14.2. The molecule has 0 saturated heterocycles. The Morgan fingerprint density at radius 1 is 0.857 bits per heavy atom. The number of carbonyl (C=O) groups excluding carboxylic acids is 2. The second-order valence-corrected chi connectivity index (χ2v) is 12.0. The molecule has 2 aromatic carbocycles. The van der Waals surface area contributed by atoms with E-state index in [0.29, 0.717) is 6.61 Å². The quantitative estimate of drug-likeness (QED) is 0.0333. The van der Waals surface area contributed by atoms with Crippen molar-refractivity contribution in [1.82, 2.24) is 9.78 Å². The number of rotatable bonds is 13. The predicted octanol–water partition coefficient (Wildman–Crippen LogP) is -4.18. The maximum Gasteiger partial charge on any atom is 1.00 e. The van der Waals surface area contributed by atoms with Crippen LogP contribution in [0.15, 0.2) is 98.1 Å². The van der Waals surface area contributed by atoms with E-state index in [1.807, 2.05) is 0 Å². The minimum absolute atomic E-state index is 0. The molecule has 0 atom stereocenters. The second kappa shape index (κ2) is 19.1. The molecule has 3 aromatic rings.